The van der Waals surface area contributed by atoms with Crippen molar-refractivity contribution < 1.29 is 9.53 Å². The Balaban J connectivity index is 2.15. The molecule has 12 heavy (non-hydrogen) atoms. The van der Waals surface area contributed by atoms with Gasteiger partial charge in [-0.3, -0.25) is 4.79 Å². The second-order valence-corrected chi connectivity index (χ2v) is 3.25. The minimum absolute atomic E-state index is 0.0445. The molecule has 0 saturated heterocycles. The van der Waals surface area contributed by atoms with E-state index in [-0.39, 0.29) is 12.5 Å². The zero-order valence-electron chi connectivity index (χ0n) is 7.34. The van der Waals surface area contributed by atoms with E-state index in [4.69, 9.17) is 0 Å². The van der Waals surface area contributed by atoms with Crippen molar-refractivity contribution in [2.45, 2.75) is 38.1 Å². The first-order chi connectivity index (χ1) is 5.83. The van der Waals surface area contributed by atoms with Crippen LogP contribution in [0.2, 0.25) is 0 Å². The van der Waals surface area contributed by atoms with E-state index in [0.29, 0.717) is 6.04 Å². The van der Waals surface area contributed by atoms with Crippen LogP contribution in [0.4, 0.5) is 0 Å². The highest BCUT2D eigenvalue weighted by Gasteiger charge is 2.14. The molecule has 3 heteroatoms. The van der Waals surface area contributed by atoms with Crippen molar-refractivity contribution in [2.24, 2.45) is 0 Å². The molecule has 0 aliphatic heterocycles. The average Bonchev–Trinajstić information content (AvgIpc) is 2.06. The van der Waals surface area contributed by atoms with Crippen LogP contribution in [-0.4, -0.2) is 18.6 Å². The molecule has 0 aromatic heterocycles. The first kappa shape index (κ1) is 9.52. The topological polar surface area (TPSA) is 38.3 Å². The molecule has 1 aliphatic carbocycles. The van der Waals surface area contributed by atoms with E-state index >= 15 is 0 Å². The van der Waals surface area contributed by atoms with Crippen LogP contribution in [-0.2, 0) is 9.53 Å². The van der Waals surface area contributed by atoms with Gasteiger partial charge in [0.15, 0.2) is 0 Å². The predicted octanol–water partition coefficient (Wildman–Crippen LogP) is 1.24. The monoisotopic (exact) mass is 170 g/mol. The number of hydrogen-bond acceptors (Lipinski definition) is 2. The van der Waals surface area contributed by atoms with Crippen LogP contribution in [0, 0.1) is 7.11 Å². The van der Waals surface area contributed by atoms with Crippen molar-refractivity contribution in [1.29, 1.82) is 0 Å². The third kappa shape index (κ3) is 3.22. The first-order valence-corrected chi connectivity index (χ1v) is 4.49. The summed E-state index contributed by atoms with van der Waals surface area (Å²) in [7, 11) is 3.16. The number of amides is 1. The summed E-state index contributed by atoms with van der Waals surface area (Å²) < 4.78 is 4.48. The van der Waals surface area contributed by atoms with Crippen LogP contribution in [0.3, 0.4) is 0 Å². The summed E-state index contributed by atoms with van der Waals surface area (Å²) in [6.07, 6.45) is 6.00. The minimum atomic E-state index is -0.0445. The van der Waals surface area contributed by atoms with Gasteiger partial charge in [0.1, 0.15) is 6.61 Å². The van der Waals surface area contributed by atoms with Crippen molar-refractivity contribution >= 4 is 5.91 Å². The van der Waals surface area contributed by atoms with Crippen molar-refractivity contribution in [3.05, 3.63) is 7.11 Å². The third-order valence-corrected chi connectivity index (χ3v) is 2.20. The fourth-order valence-electron chi connectivity index (χ4n) is 1.61. The number of hydrogen-bond donors (Lipinski definition) is 1. The molecule has 1 saturated carbocycles. The van der Waals surface area contributed by atoms with E-state index in [2.05, 4.69) is 17.2 Å². The van der Waals surface area contributed by atoms with E-state index in [1.807, 2.05) is 0 Å². The van der Waals surface area contributed by atoms with Gasteiger partial charge in [0, 0.05) is 6.04 Å². The molecule has 1 N–H and O–H groups in total. The van der Waals surface area contributed by atoms with Crippen molar-refractivity contribution in [2.75, 3.05) is 6.61 Å². The Morgan fingerprint density at radius 2 is 2.08 bits per heavy atom. The lowest BCUT2D eigenvalue weighted by molar-refractivity contribution is -0.125. The molecule has 0 aromatic rings. The van der Waals surface area contributed by atoms with Crippen molar-refractivity contribution in [3.8, 4) is 0 Å². The summed E-state index contributed by atoms with van der Waals surface area (Å²) in [4.78, 5) is 11.0. The highest BCUT2D eigenvalue weighted by atomic mass is 16.5. The van der Waals surface area contributed by atoms with Gasteiger partial charge in [-0.1, -0.05) is 19.3 Å². The molecule has 0 heterocycles. The maximum absolute atomic E-state index is 11.0. The zero-order chi connectivity index (χ0) is 8.81. The zero-order valence-corrected chi connectivity index (χ0v) is 7.34. The van der Waals surface area contributed by atoms with Crippen molar-refractivity contribution in [1.82, 2.24) is 5.32 Å². The SMILES string of the molecule is [CH2]OCC(=O)NC1CCCCC1. The summed E-state index contributed by atoms with van der Waals surface area (Å²) in [5.74, 6) is -0.0445. The van der Waals surface area contributed by atoms with Gasteiger partial charge >= 0.3 is 0 Å². The molecule has 1 radical (unpaired) electrons. The first-order valence-electron chi connectivity index (χ1n) is 4.49. The number of carbonyl (C=O) groups excluding carboxylic acids is 1. The summed E-state index contributed by atoms with van der Waals surface area (Å²) in [6.45, 7) is 0.0799. The lowest BCUT2D eigenvalue weighted by Crippen LogP contribution is -2.38. The largest absolute Gasteiger partial charge is 0.369 e. The molecule has 3 nitrogen and oxygen atoms in total. The highest BCUT2D eigenvalue weighted by molar-refractivity contribution is 5.77. The molecule has 0 aromatic carbocycles. The van der Waals surface area contributed by atoms with Gasteiger partial charge < -0.3 is 10.1 Å². The van der Waals surface area contributed by atoms with Crippen molar-refractivity contribution in [3.63, 3.8) is 0 Å². The Morgan fingerprint density at radius 1 is 1.42 bits per heavy atom. The number of carbonyl (C=O) groups is 1. The fraction of sp³-hybridized carbons (Fsp3) is 0.778. The van der Waals surface area contributed by atoms with E-state index in [9.17, 15) is 4.79 Å². The third-order valence-electron chi connectivity index (χ3n) is 2.20. The van der Waals surface area contributed by atoms with E-state index in [0.717, 1.165) is 12.8 Å². The minimum Gasteiger partial charge on any atom is -0.369 e. The van der Waals surface area contributed by atoms with Crippen LogP contribution in [0.1, 0.15) is 32.1 Å². The summed E-state index contributed by atoms with van der Waals surface area (Å²) in [5, 5.41) is 2.92. The molecule has 1 amide bonds. The fourth-order valence-corrected chi connectivity index (χ4v) is 1.61. The van der Waals surface area contributed by atoms with Gasteiger partial charge in [0.05, 0.1) is 7.11 Å². The molecular weight excluding hydrogens is 154 g/mol. The van der Waals surface area contributed by atoms with Gasteiger partial charge in [0.25, 0.3) is 0 Å². The molecular formula is C9H16NO2. The standard InChI is InChI=1S/C9H16NO2/c1-12-7-9(11)10-8-5-3-2-4-6-8/h8H,1-7H2,(H,10,11). The normalized spacial score (nSPS) is 19.1. The molecule has 1 aliphatic rings. The molecule has 0 unspecified atom stereocenters. The number of ether oxygens (including phenoxy) is 1. The van der Waals surface area contributed by atoms with E-state index in [1.165, 1.54) is 19.3 Å². The molecule has 1 fully saturated rings. The number of nitrogens with one attached hydrogen (secondary N) is 1. The molecule has 0 spiro atoms. The Hall–Kier alpha value is -0.570. The molecule has 1 rings (SSSR count). The van der Waals surface area contributed by atoms with Gasteiger partial charge in [0.2, 0.25) is 5.91 Å². The Kier molecular flexibility index (Phi) is 4.08. The predicted molar refractivity (Wildman–Crippen MR) is 46.3 cm³/mol. The summed E-state index contributed by atoms with van der Waals surface area (Å²) in [5.41, 5.74) is 0. The second kappa shape index (κ2) is 5.14. The number of rotatable bonds is 3. The quantitative estimate of drug-likeness (QED) is 0.692. The van der Waals surface area contributed by atoms with Crippen LogP contribution >= 0.6 is 0 Å². The molecule has 69 valence electrons. The summed E-state index contributed by atoms with van der Waals surface area (Å²) >= 11 is 0. The van der Waals surface area contributed by atoms with E-state index < -0.39 is 0 Å². The maximum atomic E-state index is 11.0. The molecule has 0 bridgehead atoms. The lowest BCUT2D eigenvalue weighted by atomic mass is 9.95. The average molecular weight is 170 g/mol. The molecule has 0 atom stereocenters. The van der Waals surface area contributed by atoms with Gasteiger partial charge in [-0.25, -0.2) is 0 Å². The van der Waals surface area contributed by atoms with E-state index in [1.54, 1.807) is 0 Å². The smallest absolute Gasteiger partial charge is 0.246 e. The van der Waals surface area contributed by atoms with Crippen LogP contribution in [0.5, 0.6) is 0 Å². The Morgan fingerprint density at radius 3 is 2.67 bits per heavy atom. The Labute approximate surface area is 73.5 Å². The maximum Gasteiger partial charge on any atom is 0.246 e. The second-order valence-electron chi connectivity index (χ2n) is 3.25. The highest BCUT2D eigenvalue weighted by Crippen LogP contribution is 2.16. The van der Waals surface area contributed by atoms with Gasteiger partial charge in [-0.05, 0) is 12.8 Å². The lowest BCUT2D eigenvalue weighted by Gasteiger charge is -2.22. The summed E-state index contributed by atoms with van der Waals surface area (Å²) in [6, 6.07) is 0.376. The van der Waals surface area contributed by atoms with Crippen LogP contribution < -0.4 is 5.32 Å². The Bertz CT molecular complexity index is 141. The van der Waals surface area contributed by atoms with Crippen LogP contribution in [0.25, 0.3) is 0 Å². The van der Waals surface area contributed by atoms with Gasteiger partial charge in [-0.2, -0.15) is 0 Å². The van der Waals surface area contributed by atoms with Crippen LogP contribution in [0.15, 0.2) is 0 Å². The van der Waals surface area contributed by atoms with Gasteiger partial charge in [-0.15, -0.1) is 0 Å².